The second-order valence-corrected chi connectivity index (χ2v) is 8.59. The number of benzene rings is 2. The number of hydrogen-bond donors (Lipinski definition) is 0. The highest BCUT2D eigenvalue weighted by atomic mass is 35.5. The summed E-state index contributed by atoms with van der Waals surface area (Å²) in [5, 5.41) is 0.176. The van der Waals surface area contributed by atoms with Gasteiger partial charge in [-0.15, -0.1) is 0 Å². The van der Waals surface area contributed by atoms with Gasteiger partial charge in [-0.05, 0) is 17.7 Å². The second kappa shape index (κ2) is 8.20. The minimum atomic E-state index is -3.60. The molecule has 0 aliphatic carbocycles. The minimum absolute atomic E-state index is 0.0682. The Morgan fingerprint density at radius 1 is 1.12 bits per heavy atom. The first-order valence-electron chi connectivity index (χ1n) is 8.39. The Balaban J connectivity index is 1.62. The van der Waals surface area contributed by atoms with Crippen LogP contribution in [-0.4, -0.2) is 44.7 Å². The first kappa shape index (κ1) is 18.9. The number of halogens is 1. The average Bonchev–Trinajstić information content (AvgIpc) is 2.67. The summed E-state index contributed by atoms with van der Waals surface area (Å²) >= 11 is 5.97. The minimum Gasteiger partial charge on any atom is -0.370 e. The van der Waals surface area contributed by atoms with Crippen LogP contribution in [0.15, 0.2) is 59.5 Å². The summed E-state index contributed by atoms with van der Waals surface area (Å²) in [6.07, 6.45) is -0.260. The molecule has 1 heterocycles. The quantitative estimate of drug-likeness (QED) is 0.783. The summed E-state index contributed by atoms with van der Waals surface area (Å²) in [6, 6.07) is 16.0. The van der Waals surface area contributed by atoms with Gasteiger partial charge in [0.25, 0.3) is 0 Å². The van der Waals surface area contributed by atoms with Crippen LogP contribution in [0.2, 0.25) is 5.02 Å². The highest BCUT2D eigenvalue weighted by Gasteiger charge is 2.27. The monoisotopic (exact) mass is 393 g/mol. The molecule has 1 aliphatic heterocycles. The summed E-state index contributed by atoms with van der Waals surface area (Å²) in [6.45, 7) is 1.33. The predicted octanol–water partition coefficient (Wildman–Crippen LogP) is 3.10. The molecule has 2 aromatic carbocycles. The molecular formula is C19H20ClNO4S. The van der Waals surface area contributed by atoms with Crippen LogP contribution in [0.1, 0.15) is 18.1 Å². The van der Waals surface area contributed by atoms with E-state index in [1.54, 1.807) is 17.0 Å². The van der Waals surface area contributed by atoms with Gasteiger partial charge in [-0.25, -0.2) is 8.42 Å². The van der Waals surface area contributed by atoms with E-state index < -0.39 is 9.84 Å². The molecule has 1 atom stereocenters. The van der Waals surface area contributed by atoms with Gasteiger partial charge in [-0.2, -0.15) is 0 Å². The van der Waals surface area contributed by atoms with E-state index in [1.165, 1.54) is 12.1 Å². The first-order chi connectivity index (χ1) is 12.5. The van der Waals surface area contributed by atoms with Crippen molar-refractivity contribution in [1.29, 1.82) is 0 Å². The van der Waals surface area contributed by atoms with Crippen molar-refractivity contribution in [2.45, 2.75) is 17.4 Å². The Kier molecular flexibility index (Phi) is 5.96. The highest BCUT2D eigenvalue weighted by molar-refractivity contribution is 7.91. The average molecular weight is 394 g/mol. The van der Waals surface area contributed by atoms with Gasteiger partial charge in [0.2, 0.25) is 5.91 Å². The summed E-state index contributed by atoms with van der Waals surface area (Å²) < 4.78 is 30.6. The van der Waals surface area contributed by atoms with Crippen LogP contribution in [0.4, 0.5) is 0 Å². The van der Waals surface area contributed by atoms with Crippen molar-refractivity contribution in [3.63, 3.8) is 0 Å². The molecule has 1 fully saturated rings. The third-order valence-corrected chi connectivity index (χ3v) is 6.56. The number of morpholine rings is 1. The van der Waals surface area contributed by atoms with E-state index in [0.29, 0.717) is 19.7 Å². The predicted molar refractivity (Wildman–Crippen MR) is 99.8 cm³/mol. The summed E-state index contributed by atoms with van der Waals surface area (Å²) in [7, 11) is -3.60. The maximum atomic E-state index is 12.5. The number of sulfone groups is 1. The van der Waals surface area contributed by atoms with Crippen molar-refractivity contribution in [2.24, 2.45) is 0 Å². The first-order valence-corrected chi connectivity index (χ1v) is 10.4. The second-order valence-electron chi connectivity index (χ2n) is 6.11. The number of amides is 1. The van der Waals surface area contributed by atoms with Gasteiger partial charge in [-0.3, -0.25) is 4.79 Å². The normalized spacial score (nSPS) is 17.9. The number of nitrogens with zero attached hydrogens (tertiary/aromatic N) is 1. The Morgan fingerprint density at radius 3 is 2.54 bits per heavy atom. The third kappa shape index (κ3) is 4.44. The van der Waals surface area contributed by atoms with Crippen molar-refractivity contribution in [2.75, 3.05) is 25.4 Å². The lowest BCUT2D eigenvalue weighted by molar-refractivity contribution is -0.138. The van der Waals surface area contributed by atoms with Crippen LogP contribution in [0.25, 0.3) is 0 Å². The maximum absolute atomic E-state index is 12.5. The molecule has 0 radical (unpaired) electrons. The van der Waals surface area contributed by atoms with E-state index in [1.807, 2.05) is 30.3 Å². The van der Waals surface area contributed by atoms with Crippen molar-refractivity contribution in [3.05, 3.63) is 65.2 Å². The van der Waals surface area contributed by atoms with E-state index in [9.17, 15) is 13.2 Å². The van der Waals surface area contributed by atoms with Gasteiger partial charge in [0.1, 0.15) is 6.10 Å². The molecule has 0 N–H and O–H groups in total. The van der Waals surface area contributed by atoms with Crippen molar-refractivity contribution < 1.29 is 17.9 Å². The van der Waals surface area contributed by atoms with Gasteiger partial charge < -0.3 is 9.64 Å². The van der Waals surface area contributed by atoms with Gasteiger partial charge in [-0.1, -0.05) is 54.1 Å². The van der Waals surface area contributed by atoms with Crippen LogP contribution in [0.3, 0.4) is 0 Å². The molecule has 0 bridgehead atoms. The SMILES string of the molecule is O=C(CCS(=O)(=O)c1ccccc1Cl)N1CCOC(c2ccccc2)C1. The fourth-order valence-corrected chi connectivity index (χ4v) is 4.73. The Hall–Kier alpha value is -1.89. The van der Waals surface area contributed by atoms with Crippen molar-refractivity contribution >= 4 is 27.3 Å². The van der Waals surface area contributed by atoms with E-state index in [2.05, 4.69) is 0 Å². The van der Waals surface area contributed by atoms with Crippen molar-refractivity contribution in [1.82, 2.24) is 4.90 Å². The molecule has 1 aliphatic rings. The molecule has 0 saturated carbocycles. The van der Waals surface area contributed by atoms with E-state index >= 15 is 0 Å². The number of rotatable bonds is 5. The molecule has 7 heteroatoms. The number of carbonyl (C=O) groups excluding carboxylic acids is 1. The summed E-state index contributed by atoms with van der Waals surface area (Å²) in [5.41, 5.74) is 1.01. The lowest BCUT2D eigenvalue weighted by atomic mass is 10.1. The topological polar surface area (TPSA) is 63.7 Å². The van der Waals surface area contributed by atoms with E-state index in [4.69, 9.17) is 16.3 Å². The molecule has 1 saturated heterocycles. The van der Waals surface area contributed by atoms with Gasteiger partial charge in [0, 0.05) is 13.0 Å². The van der Waals surface area contributed by atoms with Gasteiger partial charge in [0.05, 0.1) is 28.8 Å². The largest absolute Gasteiger partial charge is 0.370 e. The van der Waals surface area contributed by atoms with Crippen LogP contribution >= 0.6 is 11.6 Å². The van der Waals surface area contributed by atoms with Gasteiger partial charge in [0.15, 0.2) is 9.84 Å². The Labute approximate surface area is 158 Å². The molecule has 26 heavy (non-hydrogen) atoms. The Bertz CT molecular complexity index is 870. The van der Waals surface area contributed by atoms with Gasteiger partial charge >= 0.3 is 0 Å². The standard InChI is InChI=1S/C19H20ClNO4S/c20-16-8-4-5-9-18(16)26(23,24)13-10-19(22)21-11-12-25-17(14-21)15-6-2-1-3-7-15/h1-9,17H,10-14H2. The lowest BCUT2D eigenvalue weighted by Crippen LogP contribution is -2.42. The number of ether oxygens (including phenoxy) is 1. The van der Waals surface area contributed by atoms with Crippen LogP contribution in [-0.2, 0) is 19.4 Å². The third-order valence-electron chi connectivity index (χ3n) is 4.35. The molecule has 3 rings (SSSR count). The van der Waals surface area contributed by atoms with Crippen LogP contribution in [0.5, 0.6) is 0 Å². The zero-order valence-electron chi connectivity index (χ0n) is 14.2. The fraction of sp³-hybridized carbons (Fsp3) is 0.316. The molecule has 1 unspecified atom stereocenters. The molecule has 0 aromatic heterocycles. The van der Waals surface area contributed by atoms with Crippen LogP contribution < -0.4 is 0 Å². The molecule has 5 nitrogen and oxygen atoms in total. The molecule has 0 spiro atoms. The maximum Gasteiger partial charge on any atom is 0.223 e. The van der Waals surface area contributed by atoms with Crippen molar-refractivity contribution in [3.8, 4) is 0 Å². The zero-order chi connectivity index (χ0) is 18.6. The summed E-state index contributed by atoms with van der Waals surface area (Å²) in [4.78, 5) is 14.2. The zero-order valence-corrected chi connectivity index (χ0v) is 15.7. The van der Waals surface area contributed by atoms with Crippen LogP contribution in [0, 0.1) is 0 Å². The smallest absolute Gasteiger partial charge is 0.223 e. The number of hydrogen-bond acceptors (Lipinski definition) is 4. The molecule has 138 valence electrons. The molecule has 1 amide bonds. The highest BCUT2D eigenvalue weighted by Crippen LogP contribution is 2.24. The molecule has 2 aromatic rings. The Morgan fingerprint density at radius 2 is 1.81 bits per heavy atom. The fourth-order valence-electron chi connectivity index (χ4n) is 2.93. The number of carbonyl (C=O) groups is 1. The van der Waals surface area contributed by atoms with E-state index in [0.717, 1.165) is 5.56 Å². The molecular weight excluding hydrogens is 374 g/mol. The van der Waals surface area contributed by atoms with E-state index in [-0.39, 0.29) is 34.1 Å². The lowest BCUT2D eigenvalue weighted by Gasteiger charge is -2.33. The summed E-state index contributed by atoms with van der Waals surface area (Å²) in [5.74, 6) is -0.451.